The van der Waals surface area contributed by atoms with Crippen molar-refractivity contribution in [2.75, 3.05) is 6.54 Å². The van der Waals surface area contributed by atoms with Crippen molar-refractivity contribution in [2.45, 2.75) is 25.3 Å². The predicted octanol–water partition coefficient (Wildman–Crippen LogP) is 1.40. The quantitative estimate of drug-likeness (QED) is 0.491. The summed E-state index contributed by atoms with van der Waals surface area (Å²) in [4.78, 5) is 6.51. The lowest BCUT2D eigenvalue weighted by Crippen LogP contribution is -2.40. The fourth-order valence-corrected chi connectivity index (χ4v) is 1.71. The lowest BCUT2D eigenvalue weighted by Gasteiger charge is -2.32. The van der Waals surface area contributed by atoms with Crippen LogP contribution >= 0.6 is 0 Å². The Hall–Kier alpha value is -0.790. The second-order valence-corrected chi connectivity index (χ2v) is 3.23. The molecule has 0 aromatic carbocycles. The maximum absolute atomic E-state index is 4.14. The summed E-state index contributed by atoms with van der Waals surface area (Å²) in [6.07, 6.45) is 8.56. The van der Waals surface area contributed by atoms with Gasteiger partial charge in [-0.3, -0.25) is 4.99 Å². The molecular formula is C8H12N2. The van der Waals surface area contributed by atoms with Crippen molar-refractivity contribution in [1.29, 1.82) is 0 Å². The first kappa shape index (κ1) is 5.96. The Morgan fingerprint density at radius 1 is 1.60 bits per heavy atom. The van der Waals surface area contributed by atoms with Gasteiger partial charge in [0.25, 0.3) is 0 Å². The van der Waals surface area contributed by atoms with Crippen molar-refractivity contribution in [3.05, 3.63) is 12.4 Å². The van der Waals surface area contributed by atoms with Crippen LogP contribution < -0.4 is 0 Å². The molecule has 0 aromatic heterocycles. The fraction of sp³-hybridized carbons (Fsp3) is 0.625. The van der Waals surface area contributed by atoms with E-state index in [0.717, 1.165) is 0 Å². The van der Waals surface area contributed by atoms with Gasteiger partial charge in [-0.1, -0.05) is 0 Å². The van der Waals surface area contributed by atoms with Gasteiger partial charge in [-0.15, -0.1) is 0 Å². The van der Waals surface area contributed by atoms with Gasteiger partial charge in [-0.05, 0) is 19.8 Å². The normalized spacial score (nSPS) is 36.7. The Morgan fingerprint density at radius 2 is 2.50 bits per heavy atom. The van der Waals surface area contributed by atoms with Gasteiger partial charge in [0.1, 0.15) is 0 Å². The molecule has 0 N–H and O–H groups in total. The van der Waals surface area contributed by atoms with Crippen LogP contribution in [0.25, 0.3) is 0 Å². The Bertz CT molecular complexity index is 195. The Balaban J connectivity index is 2.30. The molecule has 2 rings (SSSR count). The van der Waals surface area contributed by atoms with E-state index in [9.17, 15) is 0 Å². The van der Waals surface area contributed by atoms with Gasteiger partial charge in [-0.2, -0.15) is 0 Å². The van der Waals surface area contributed by atoms with E-state index in [2.05, 4.69) is 29.2 Å². The van der Waals surface area contributed by atoms with Crippen molar-refractivity contribution >= 4 is 6.21 Å². The van der Waals surface area contributed by atoms with Crippen molar-refractivity contribution < 1.29 is 0 Å². The molecule has 54 valence electrons. The SMILES string of the molecule is C[C@@]12C=NC=CN1CCC2. The minimum atomic E-state index is 0.245. The molecule has 0 spiro atoms. The van der Waals surface area contributed by atoms with E-state index in [1.54, 1.807) is 0 Å². The Kier molecular flexibility index (Phi) is 1.10. The standard InChI is InChI=1S/C8H12N2/c1-8-3-2-5-10(8)6-4-9-7-8/h4,6-7H,2-3,5H2,1H3/t8-/m1/s1. The van der Waals surface area contributed by atoms with Crippen molar-refractivity contribution in [3.63, 3.8) is 0 Å². The van der Waals surface area contributed by atoms with Crippen LogP contribution in [0.5, 0.6) is 0 Å². The van der Waals surface area contributed by atoms with E-state index in [0.29, 0.717) is 0 Å². The molecule has 0 radical (unpaired) electrons. The van der Waals surface area contributed by atoms with Gasteiger partial charge in [0.05, 0.1) is 5.54 Å². The third kappa shape index (κ3) is 0.681. The van der Waals surface area contributed by atoms with Gasteiger partial charge < -0.3 is 4.90 Å². The lowest BCUT2D eigenvalue weighted by atomic mass is 10.0. The summed E-state index contributed by atoms with van der Waals surface area (Å²) in [7, 11) is 0. The van der Waals surface area contributed by atoms with Crippen LogP contribution in [-0.4, -0.2) is 23.2 Å². The van der Waals surface area contributed by atoms with Crippen LogP contribution in [0.15, 0.2) is 17.4 Å². The summed E-state index contributed by atoms with van der Waals surface area (Å²) < 4.78 is 0. The molecule has 2 heteroatoms. The highest BCUT2D eigenvalue weighted by atomic mass is 15.2. The van der Waals surface area contributed by atoms with Crippen molar-refractivity contribution in [3.8, 4) is 0 Å². The first-order valence-corrected chi connectivity index (χ1v) is 3.79. The first-order valence-electron chi connectivity index (χ1n) is 3.79. The van der Waals surface area contributed by atoms with Crippen LogP contribution in [0, 0.1) is 0 Å². The molecule has 0 aromatic rings. The fourth-order valence-electron chi connectivity index (χ4n) is 1.71. The van der Waals surface area contributed by atoms with Gasteiger partial charge in [0.2, 0.25) is 0 Å². The molecule has 10 heavy (non-hydrogen) atoms. The predicted molar refractivity (Wildman–Crippen MR) is 42.0 cm³/mol. The number of hydrogen-bond donors (Lipinski definition) is 0. The molecule has 2 heterocycles. The molecule has 1 saturated heterocycles. The summed E-state index contributed by atoms with van der Waals surface area (Å²) >= 11 is 0. The molecule has 2 aliphatic rings. The van der Waals surface area contributed by atoms with Crippen molar-refractivity contribution in [2.24, 2.45) is 4.99 Å². The molecule has 0 saturated carbocycles. The smallest absolute Gasteiger partial charge is 0.0722 e. The molecule has 0 unspecified atom stereocenters. The molecule has 1 atom stereocenters. The third-order valence-electron chi connectivity index (χ3n) is 2.42. The molecule has 0 bridgehead atoms. The minimum Gasteiger partial charge on any atom is -0.366 e. The van der Waals surface area contributed by atoms with Crippen LogP contribution in [0.4, 0.5) is 0 Å². The number of aliphatic imine (C=N–C) groups is 1. The largest absolute Gasteiger partial charge is 0.366 e. The van der Waals surface area contributed by atoms with Crippen LogP contribution in [0.2, 0.25) is 0 Å². The summed E-state index contributed by atoms with van der Waals surface area (Å²) in [6, 6.07) is 0. The Morgan fingerprint density at radius 3 is 3.30 bits per heavy atom. The molecule has 2 nitrogen and oxygen atoms in total. The van der Waals surface area contributed by atoms with E-state index in [4.69, 9.17) is 0 Å². The lowest BCUT2D eigenvalue weighted by molar-refractivity contribution is 0.309. The maximum Gasteiger partial charge on any atom is 0.0722 e. The summed E-state index contributed by atoms with van der Waals surface area (Å²) in [5, 5.41) is 0. The second-order valence-electron chi connectivity index (χ2n) is 3.23. The molecule has 1 fully saturated rings. The first-order chi connectivity index (χ1) is 4.81. The zero-order valence-electron chi connectivity index (χ0n) is 6.25. The van der Waals surface area contributed by atoms with Gasteiger partial charge in [-0.25, -0.2) is 0 Å². The maximum atomic E-state index is 4.14. The number of rotatable bonds is 0. The third-order valence-corrected chi connectivity index (χ3v) is 2.42. The minimum absolute atomic E-state index is 0.245. The van der Waals surface area contributed by atoms with Gasteiger partial charge in [0, 0.05) is 25.2 Å². The van der Waals surface area contributed by atoms with E-state index in [1.165, 1.54) is 19.4 Å². The number of fused-ring (bicyclic) bond motifs is 1. The monoisotopic (exact) mass is 136 g/mol. The average molecular weight is 136 g/mol. The molecule has 0 aliphatic carbocycles. The van der Waals surface area contributed by atoms with E-state index in [-0.39, 0.29) is 5.54 Å². The number of nitrogens with zero attached hydrogens (tertiary/aromatic N) is 2. The molecule has 0 amide bonds. The average Bonchev–Trinajstić information content (AvgIpc) is 2.29. The molecular weight excluding hydrogens is 124 g/mol. The summed E-state index contributed by atoms with van der Waals surface area (Å²) in [5.74, 6) is 0. The summed E-state index contributed by atoms with van der Waals surface area (Å²) in [5.41, 5.74) is 0.245. The van der Waals surface area contributed by atoms with Gasteiger partial charge >= 0.3 is 0 Å². The Labute approximate surface area is 61.2 Å². The highest BCUT2D eigenvalue weighted by molar-refractivity contribution is 5.72. The highest BCUT2D eigenvalue weighted by Crippen LogP contribution is 2.28. The second kappa shape index (κ2) is 1.84. The number of hydrogen-bond acceptors (Lipinski definition) is 2. The topological polar surface area (TPSA) is 15.6 Å². The van der Waals surface area contributed by atoms with Crippen LogP contribution in [0.3, 0.4) is 0 Å². The van der Waals surface area contributed by atoms with Gasteiger partial charge in [0.15, 0.2) is 0 Å². The van der Waals surface area contributed by atoms with Crippen LogP contribution in [-0.2, 0) is 0 Å². The van der Waals surface area contributed by atoms with E-state index in [1.807, 2.05) is 6.20 Å². The van der Waals surface area contributed by atoms with Crippen molar-refractivity contribution in [1.82, 2.24) is 4.90 Å². The van der Waals surface area contributed by atoms with E-state index >= 15 is 0 Å². The zero-order chi connectivity index (χ0) is 7.03. The molecule has 2 aliphatic heterocycles. The highest BCUT2D eigenvalue weighted by Gasteiger charge is 2.33. The summed E-state index contributed by atoms with van der Waals surface area (Å²) in [6.45, 7) is 3.44. The van der Waals surface area contributed by atoms with Crippen LogP contribution in [0.1, 0.15) is 19.8 Å². The zero-order valence-corrected chi connectivity index (χ0v) is 6.25. The van der Waals surface area contributed by atoms with E-state index < -0.39 is 0 Å².